The van der Waals surface area contributed by atoms with E-state index in [0.29, 0.717) is 14.5 Å². The molecule has 0 aromatic heterocycles. The van der Waals surface area contributed by atoms with Crippen molar-refractivity contribution in [1.82, 2.24) is 4.31 Å². The Kier molecular flexibility index (Phi) is 5.83. The Morgan fingerprint density at radius 2 is 1.87 bits per heavy atom. The summed E-state index contributed by atoms with van der Waals surface area (Å²) in [6.07, 6.45) is 0. The summed E-state index contributed by atoms with van der Waals surface area (Å²) in [5.74, 6) is -0.409. The van der Waals surface area contributed by atoms with Crippen molar-refractivity contribution < 1.29 is 17.5 Å². The van der Waals surface area contributed by atoms with Gasteiger partial charge in [0.2, 0.25) is 10.0 Å². The Labute approximate surface area is 151 Å². The second-order valence-corrected chi connectivity index (χ2v) is 8.59. The number of hydrogen-bond donors (Lipinski definition) is 0. The molecule has 124 valence electrons. The fourth-order valence-electron chi connectivity index (χ4n) is 1.99. The average molecular weight is 467 g/mol. The minimum Gasteiger partial charge on any atom is -0.494 e. The van der Waals surface area contributed by atoms with Crippen LogP contribution in [0.1, 0.15) is 5.56 Å². The molecule has 0 aliphatic heterocycles. The van der Waals surface area contributed by atoms with E-state index in [1.165, 1.54) is 36.7 Å². The fraction of sp³-hybridized carbons (Fsp3) is 0.200. The van der Waals surface area contributed by atoms with Crippen molar-refractivity contribution in [2.45, 2.75) is 11.4 Å². The molecule has 0 aliphatic carbocycles. The lowest BCUT2D eigenvalue weighted by Gasteiger charge is -2.18. The van der Waals surface area contributed by atoms with Crippen LogP contribution in [0, 0.1) is 5.82 Å². The van der Waals surface area contributed by atoms with Gasteiger partial charge in [0.1, 0.15) is 0 Å². The smallest absolute Gasteiger partial charge is 0.244 e. The number of rotatable bonds is 5. The van der Waals surface area contributed by atoms with Gasteiger partial charge < -0.3 is 4.74 Å². The molecule has 0 saturated carbocycles. The lowest BCUT2D eigenvalue weighted by molar-refractivity contribution is 0.385. The first-order chi connectivity index (χ1) is 10.8. The van der Waals surface area contributed by atoms with E-state index >= 15 is 0 Å². The van der Waals surface area contributed by atoms with E-state index in [2.05, 4.69) is 31.9 Å². The Bertz CT molecular complexity index is 827. The number of benzene rings is 2. The van der Waals surface area contributed by atoms with Crippen molar-refractivity contribution in [2.75, 3.05) is 14.2 Å². The predicted octanol–water partition coefficient (Wildman–Crippen LogP) is 4.18. The quantitative estimate of drug-likeness (QED) is 0.664. The summed E-state index contributed by atoms with van der Waals surface area (Å²) in [6, 6.07) is 9.27. The minimum atomic E-state index is -3.72. The van der Waals surface area contributed by atoms with E-state index in [0.717, 1.165) is 0 Å². The molecule has 2 aromatic carbocycles. The Hall–Kier alpha value is -0.960. The van der Waals surface area contributed by atoms with Crippen LogP contribution < -0.4 is 4.74 Å². The van der Waals surface area contributed by atoms with Gasteiger partial charge in [-0.05, 0) is 51.8 Å². The molecule has 4 nitrogen and oxygen atoms in total. The van der Waals surface area contributed by atoms with Crippen molar-refractivity contribution in [3.05, 3.63) is 56.7 Å². The number of methoxy groups -OCH3 is 1. The van der Waals surface area contributed by atoms with Gasteiger partial charge in [-0.25, -0.2) is 12.8 Å². The zero-order valence-electron chi connectivity index (χ0n) is 12.4. The molecule has 0 amide bonds. The summed E-state index contributed by atoms with van der Waals surface area (Å²) in [6.45, 7) is 0.0439. The van der Waals surface area contributed by atoms with Crippen LogP contribution in [0.4, 0.5) is 4.39 Å². The van der Waals surface area contributed by atoms with Crippen LogP contribution >= 0.6 is 31.9 Å². The largest absolute Gasteiger partial charge is 0.494 e. The van der Waals surface area contributed by atoms with E-state index in [1.54, 1.807) is 18.2 Å². The number of hydrogen-bond acceptors (Lipinski definition) is 3. The van der Waals surface area contributed by atoms with Crippen molar-refractivity contribution in [2.24, 2.45) is 0 Å². The molecule has 0 heterocycles. The lowest BCUT2D eigenvalue weighted by atomic mass is 10.2. The maximum atomic E-state index is 13.7. The highest BCUT2D eigenvalue weighted by Crippen LogP contribution is 2.28. The van der Waals surface area contributed by atoms with Crippen molar-refractivity contribution >= 4 is 41.9 Å². The number of halogens is 3. The SMILES string of the molecule is COc1ccc(CN(C)S(=O)(=O)c2cc(Br)ccc2Br)cc1F. The van der Waals surface area contributed by atoms with E-state index in [-0.39, 0.29) is 17.2 Å². The zero-order chi connectivity index (χ0) is 17.2. The molecule has 0 bridgehead atoms. The molecule has 0 saturated heterocycles. The molecular weight excluding hydrogens is 453 g/mol. The monoisotopic (exact) mass is 465 g/mol. The van der Waals surface area contributed by atoms with Gasteiger partial charge in [-0.1, -0.05) is 22.0 Å². The van der Waals surface area contributed by atoms with Crippen LogP contribution in [0.5, 0.6) is 5.75 Å². The topological polar surface area (TPSA) is 46.6 Å². The van der Waals surface area contributed by atoms with Crippen LogP contribution in [0.15, 0.2) is 50.2 Å². The normalized spacial score (nSPS) is 11.7. The average Bonchev–Trinajstić information content (AvgIpc) is 2.49. The van der Waals surface area contributed by atoms with Gasteiger partial charge in [0.15, 0.2) is 11.6 Å². The highest BCUT2D eigenvalue weighted by atomic mass is 79.9. The van der Waals surface area contributed by atoms with Crippen molar-refractivity contribution in [3.63, 3.8) is 0 Å². The van der Waals surface area contributed by atoms with E-state index in [1.807, 2.05) is 0 Å². The number of nitrogens with zero attached hydrogens (tertiary/aromatic N) is 1. The Morgan fingerprint density at radius 3 is 2.48 bits per heavy atom. The van der Waals surface area contributed by atoms with Crippen molar-refractivity contribution in [1.29, 1.82) is 0 Å². The first-order valence-corrected chi connectivity index (χ1v) is 9.52. The standard InChI is InChI=1S/C15H14Br2FNO3S/c1-19(9-10-3-6-14(22-2)13(18)7-10)23(20,21)15-8-11(16)4-5-12(15)17/h3-8H,9H2,1-2H3. The van der Waals surface area contributed by atoms with Gasteiger partial charge >= 0.3 is 0 Å². The van der Waals surface area contributed by atoms with Gasteiger partial charge in [-0.15, -0.1) is 0 Å². The molecule has 0 spiro atoms. The molecular formula is C15H14Br2FNO3S. The summed E-state index contributed by atoms with van der Waals surface area (Å²) in [4.78, 5) is 0.142. The summed E-state index contributed by atoms with van der Waals surface area (Å²) in [5.41, 5.74) is 0.528. The molecule has 0 fully saturated rings. The predicted molar refractivity (Wildman–Crippen MR) is 93.4 cm³/mol. The van der Waals surface area contributed by atoms with Gasteiger partial charge in [0.25, 0.3) is 0 Å². The highest BCUT2D eigenvalue weighted by molar-refractivity contribution is 9.11. The molecule has 0 N–H and O–H groups in total. The third-order valence-electron chi connectivity index (χ3n) is 3.20. The number of sulfonamides is 1. The van der Waals surface area contributed by atoms with Gasteiger partial charge in [-0.3, -0.25) is 0 Å². The van der Waals surface area contributed by atoms with Crippen molar-refractivity contribution in [3.8, 4) is 5.75 Å². The van der Waals surface area contributed by atoms with Crippen LogP contribution in [-0.4, -0.2) is 26.9 Å². The van der Waals surface area contributed by atoms with E-state index in [4.69, 9.17) is 4.74 Å². The molecule has 8 heteroatoms. The number of ether oxygens (including phenoxy) is 1. The molecule has 0 atom stereocenters. The zero-order valence-corrected chi connectivity index (χ0v) is 16.4. The fourth-order valence-corrected chi connectivity index (χ4v) is 4.61. The summed E-state index contributed by atoms with van der Waals surface area (Å²) in [5, 5.41) is 0. The lowest BCUT2D eigenvalue weighted by Crippen LogP contribution is -2.26. The molecule has 23 heavy (non-hydrogen) atoms. The Balaban J connectivity index is 2.30. The first-order valence-electron chi connectivity index (χ1n) is 6.49. The molecule has 2 aromatic rings. The second kappa shape index (κ2) is 7.29. The maximum absolute atomic E-state index is 13.7. The third kappa shape index (κ3) is 4.12. The summed E-state index contributed by atoms with van der Waals surface area (Å²) in [7, 11) is -0.892. The molecule has 0 aliphatic rings. The third-order valence-corrected chi connectivity index (χ3v) is 6.49. The second-order valence-electron chi connectivity index (χ2n) is 4.80. The summed E-state index contributed by atoms with van der Waals surface area (Å²) >= 11 is 6.51. The minimum absolute atomic E-state index is 0.0439. The van der Waals surface area contributed by atoms with Gasteiger partial charge in [0, 0.05) is 22.5 Å². The molecule has 2 rings (SSSR count). The van der Waals surface area contributed by atoms with Crippen LogP contribution in [0.3, 0.4) is 0 Å². The Morgan fingerprint density at radius 1 is 1.17 bits per heavy atom. The van der Waals surface area contributed by atoms with E-state index < -0.39 is 15.8 Å². The molecule has 0 radical (unpaired) electrons. The van der Waals surface area contributed by atoms with Crippen LogP contribution in [0.2, 0.25) is 0 Å². The first kappa shape index (κ1) is 18.4. The summed E-state index contributed by atoms with van der Waals surface area (Å²) < 4.78 is 46.2. The maximum Gasteiger partial charge on any atom is 0.244 e. The van der Waals surface area contributed by atoms with Crippen LogP contribution in [0.25, 0.3) is 0 Å². The van der Waals surface area contributed by atoms with E-state index in [9.17, 15) is 12.8 Å². The molecule has 0 unspecified atom stereocenters. The van der Waals surface area contributed by atoms with Gasteiger partial charge in [0.05, 0.1) is 12.0 Å². The van der Waals surface area contributed by atoms with Crippen LogP contribution in [-0.2, 0) is 16.6 Å². The highest BCUT2D eigenvalue weighted by Gasteiger charge is 2.24. The van der Waals surface area contributed by atoms with Gasteiger partial charge in [-0.2, -0.15) is 4.31 Å².